The van der Waals surface area contributed by atoms with Gasteiger partial charge in [-0.2, -0.15) is 0 Å². The minimum atomic E-state index is -0.771. The van der Waals surface area contributed by atoms with Crippen molar-refractivity contribution in [3.8, 4) is 0 Å². The largest absolute Gasteiger partial charge is 0.316 e. The van der Waals surface area contributed by atoms with Crippen molar-refractivity contribution in [2.75, 3.05) is 13.1 Å². The molecule has 0 radical (unpaired) electrons. The lowest BCUT2D eigenvalue weighted by Gasteiger charge is -2.33. The van der Waals surface area contributed by atoms with Crippen LogP contribution >= 0.6 is 0 Å². The molecule has 1 saturated heterocycles. The highest BCUT2D eigenvalue weighted by atomic mass is 19.2. The molecule has 0 saturated carbocycles. The number of rotatable bonds is 3. The van der Waals surface area contributed by atoms with Crippen LogP contribution in [0, 0.1) is 17.6 Å². The van der Waals surface area contributed by atoms with Gasteiger partial charge in [-0.1, -0.05) is 36.4 Å². The lowest BCUT2D eigenvalue weighted by atomic mass is 9.78. The van der Waals surface area contributed by atoms with Crippen LogP contribution in [0.1, 0.15) is 23.5 Å². The third kappa shape index (κ3) is 3.30. The Hall–Kier alpha value is -1.74. The molecule has 0 aliphatic carbocycles. The average Bonchev–Trinajstić information content (AvgIpc) is 2.52. The topological polar surface area (TPSA) is 12.0 Å². The van der Waals surface area contributed by atoms with Gasteiger partial charge in [-0.3, -0.25) is 0 Å². The van der Waals surface area contributed by atoms with E-state index in [2.05, 4.69) is 17.4 Å². The van der Waals surface area contributed by atoms with Crippen LogP contribution in [-0.2, 0) is 6.42 Å². The number of halogens is 2. The van der Waals surface area contributed by atoms with E-state index in [0.717, 1.165) is 31.5 Å². The Balaban J connectivity index is 1.82. The van der Waals surface area contributed by atoms with Crippen LogP contribution in [0.2, 0.25) is 0 Å². The lowest BCUT2D eigenvalue weighted by molar-refractivity contribution is 0.323. The molecule has 21 heavy (non-hydrogen) atoms. The fourth-order valence-corrected chi connectivity index (χ4v) is 3.24. The molecule has 3 rings (SSSR count). The van der Waals surface area contributed by atoms with Crippen LogP contribution in [0.3, 0.4) is 0 Å². The quantitative estimate of drug-likeness (QED) is 0.902. The maximum absolute atomic E-state index is 13.5. The molecule has 0 amide bonds. The highest BCUT2D eigenvalue weighted by Gasteiger charge is 2.27. The van der Waals surface area contributed by atoms with Gasteiger partial charge in [-0.15, -0.1) is 0 Å². The monoisotopic (exact) mass is 287 g/mol. The smallest absolute Gasteiger partial charge is 0.159 e. The van der Waals surface area contributed by atoms with Crippen molar-refractivity contribution in [1.29, 1.82) is 0 Å². The first-order valence-corrected chi connectivity index (χ1v) is 7.43. The molecular formula is C18H19F2N. The summed E-state index contributed by atoms with van der Waals surface area (Å²) < 4.78 is 26.6. The van der Waals surface area contributed by atoms with Crippen LogP contribution in [0.15, 0.2) is 48.5 Å². The fraction of sp³-hybridized carbons (Fsp3) is 0.333. The van der Waals surface area contributed by atoms with E-state index in [1.54, 1.807) is 6.07 Å². The molecule has 2 aromatic rings. The van der Waals surface area contributed by atoms with Crippen molar-refractivity contribution in [1.82, 2.24) is 5.32 Å². The van der Waals surface area contributed by atoms with Gasteiger partial charge in [0.25, 0.3) is 0 Å². The van der Waals surface area contributed by atoms with E-state index in [9.17, 15) is 8.78 Å². The van der Waals surface area contributed by atoms with Gasteiger partial charge in [-0.05, 0) is 61.0 Å². The minimum Gasteiger partial charge on any atom is -0.316 e. The van der Waals surface area contributed by atoms with Crippen LogP contribution in [-0.4, -0.2) is 13.1 Å². The van der Waals surface area contributed by atoms with Crippen molar-refractivity contribution >= 4 is 0 Å². The molecule has 1 aliphatic rings. The summed E-state index contributed by atoms with van der Waals surface area (Å²) in [5, 5.41) is 3.41. The van der Waals surface area contributed by atoms with Crippen molar-refractivity contribution in [3.05, 3.63) is 71.3 Å². The Kier molecular flexibility index (Phi) is 4.30. The summed E-state index contributed by atoms with van der Waals surface area (Å²) in [6, 6.07) is 14.7. The Morgan fingerprint density at radius 2 is 1.81 bits per heavy atom. The van der Waals surface area contributed by atoms with E-state index < -0.39 is 11.6 Å². The summed E-state index contributed by atoms with van der Waals surface area (Å²) in [5.74, 6) is -0.829. The Labute approximate surface area is 124 Å². The normalized spacial score (nSPS) is 22.2. The van der Waals surface area contributed by atoms with Gasteiger partial charge < -0.3 is 5.32 Å². The SMILES string of the molecule is Fc1ccc(C2CCNCC2Cc2ccccc2)cc1F. The summed E-state index contributed by atoms with van der Waals surface area (Å²) >= 11 is 0. The maximum atomic E-state index is 13.5. The van der Waals surface area contributed by atoms with Crippen molar-refractivity contribution in [3.63, 3.8) is 0 Å². The highest BCUT2D eigenvalue weighted by Crippen LogP contribution is 2.33. The van der Waals surface area contributed by atoms with Crippen molar-refractivity contribution < 1.29 is 8.78 Å². The van der Waals surface area contributed by atoms with Gasteiger partial charge in [0.2, 0.25) is 0 Å². The van der Waals surface area contributed by atoms with Gasteiger partial charge in [-0.25, -0.2) is 8.78 Å². The summed E-state index contributed by atoms with van der Waals surface area (Å²) in [4.78, 5) is 0. The standard InChI is InChI=1S/C18H19F2N/c19-17-7-6-14(11-18(17)20)16-8-9-21-12-15(16)10-13-4-2-1-3-5-13/h1-7,11,15-16,21H,8-10,12H2. The van der Waals surface area contributed by atoms with Gasteiger partial charge in [0.05, 0.1) is 0 Å². The molecule has 2 atom stereocenters. The first kappa shape index (κ1) is 14.2. The van der Waals surface area contributed by atoms with Gasteiger partial charge in [0.15, 0.2) is 11.6 Å². The third-order valence-corrected chi connectivity index (χ3v) is 4.32. The predicted octanol–water partition coefficient (Wildman–Crippen LogP) is 3.90. The second kappa shape index (κ2) is 6.35. The van der Waals surface area contributed by atoms with Crippen LogP contribution < -0.4 is 5.32 Å². The lowest BCUT2D eigenvalue weighted by Crippen LogP contribution is -2.36. The fourth-order valence-electron chi connectivity index (χ4n) is 3.24. The molecule has 1 fully saturated rings. The molecule has 2 unspecified atom stereocenters. The van der Waals surface area contributed by atoms with E-state index in [4.69, 9.17) is 0 Å². The molecule has 1 aliphatic heterocycles. The number of hydrogen-bond acceptors (Lipinski definition) is 1. The molecule has 0 aromatic heterocycles. The number of benzene rings is 2. The van der Waals surface area contributed by atoms with E-state index in [0.29, 0.717) is 5.92 Å². The molecule has 1 nitrogen and oxygen atoms in total. The van der Waals surface area contributed by atoms with Gasteiger partial charge >= 0.3 is 0 Å². The summed E-state index contributed by atoms with van der Waals surface area (Å²) in [5.41, 5.74) is 2.20. The van der Waals surface area contributed by atoms with Gasteiger partial charge in [0.1, 0.15) is 0 Å². The molecule has 3 heteroatoms. The van der Waals surface area contributed by atoms with Crippen molar-refractivity contribution in [2.24, 2.45) is 5.92 Å². The van der Waals surface area contributed by atoms with E-state index in [1.165, 1.54) is 17.7 Å². The van der Waals surface area contributed by atoms with E-state index in [1.807, 2.05) is 18.2 Å². The van der Waals surface area contributed by atoms with Crippen LogP contribution in [0.4, 0.5) is 8.78 Å². The third-order valence-electron chi connectivity index (χ3n) is 4.32. The van der Waals surface area contributed by atoms with Crippen molar-refractivity contribution in [2.45, 2.75) is 18.8 Å². The van der Waals surface area contributed by atoms with Crippen LogP contribution in [0.25, 0.3) is 0 Å². The Morgan fingerprint density at radius 1 is 1.00 bits per heavy atom. The molecule has 1 heterocycles. The molecular weight excluding hydrogens is 268 g/mol. The predicted molar refractivity (Wildman–Crippen MR) is 80.2 cm³/mol. The van der Waals surface area contributed by atoms with E-state index in [-0.39, 0.29) is 5.92 Å². The number of nitrogens with one attached hydrogen (secondary N) is 1. The zero-order valence-electron chi connectivity index (χ0n) is 11.9. The first-order chi connectivity index (χ1) is 10.2. The Bertz CT molecular complexity index is 597. The molecule has 110 valence electrons. The van der Waals surface area contributed by atoms with Crippen LogP contribution in [0.5, 0.6) is 0 Å². The van der Waals surface area contributed by atoms with E-state index >= 15 is 0 Å². The molecule has 2 aromatic carbocycles. The molecule has 1 N–H and O–H groups in total. The highest BCUT2D eigenvalue weighted by molar-refractivity contribution is 5.25. The maximum Gasteiger partial charge on any atom is 0.159 e. The second-order valence-corrected chi connectivity index (χ2v) is 5.72. The zero-order chi connectivity index (χ0) is 14.7. The zero-order valence-corrected chi connectivity index (χ0v) is 11.9. The average molecular weight is 287 g/mol. The summed E-state index contributed by atoms with van der Waals surface area (Å²) in [6.45, 7) is 1.84. The molecule has 0 spiro atoms. The summed E-state index contributed by atoms with van der Waals surface area (Å²) in [7, 11) is 0. The Morgan fingerprint density at radius 3 is 2.57 bits per heavy atom. The first-order valence-electron chi connectivity index (χ1n) is 7.43. The number of hydrogen-bond donors (Lipinski definition) is 1. The number of piperidine rings is 1. The minimum absolute atomic E-state index is 0.279. The van der Waals surface area contributed by atoms with Gasteiger partial charge in [0, 0.05) is 0 Å². The summed E-state index contributed by atoms with van der Waals surface area (Å²) in [6.07, 6.45) is 1.92. The molecule has 0 bridgehead atoms. The second-order valence-electron chi connectivity index (χ2n) is 5.72.